The van der Waals surface area contributed by atoms with E-state index in [9.17, 15) is 35.9 Å². The van der Waals surface area contributed by atoms with E-state index in [1.807, 2.05) is 0 Å². The Hall–Kier alpha value is -3.06. The number of hydrogen-bond acceptors (Lipinski definition) is 2. The highest BCUT2D eigenvalue weighted by Crippen LogP contribution is 2.16. The minimum absolute atomic E-state index is 0.166. The van der Waals surface area contributed by atoms with E-state index < -0.39 is 24.2 Å². The van der Waals surface area contributed by atoms with Gasteiger partial charge in [0.1, 0.15) is 0 Å². The van der Waals surface area contributed by atoms with Crippen LogP contribution in [0.3, 0.4) is 0 Å². The van der Waals surface area contributed by atoms with E-state index in [0.717, 1.165) is 25.7 Å². The minimum atomic E-state index is -5.02. The molecule has 0 aliphatic carbocycles. The highest BCUT2D eigenvalue weighted by molar-refractivity contribution is 5.82. The van der Waals surface area contributed by atoms with Gasteiger partial charge >= 0.3 is 24.2 Å². The number of unbranched alkanes of at least 4 members (excludes halogenated alkanes) is 5. The fraction of sp³-hybridized carbons (Fsp3) is 0.556. The molecule has 2 N–H and O–H groups in total. The molecule has 2 aromatic heterocycles. The second-order valence-corrected chi connectivity index (χ2v) is 6.90. The maximum Gasteiger partial charge on any atom is 0.473 e. The van der Waals surface area contributed by atoms with Crippen molar-refractivity contribution >= 4 is 11.8 Å². The van der Waals surface area contributed by atoms with Crippen molar-refractivity contribution in [1.82, 2.24) is 19.1 Å². The lowest BCUT2D eigenvalue weighted by atomic mass is 10.1. The van der Waals surface area contributed by atoms with Gasteiger partial charge < -0.3 is 19.1 Å². The molecule has 0 aromatic carbocycles. The summed E-state index contributed by atoms with van der Waals surface area (Å²) < 4.78 is 76.7. The number of carbonyl (C=O) groups is 2. The van der Waals surface area contributed by atoms with Gasteiger partial charge in [-0.05, 0) is 12.8 Å². The molecule has 0 unspecified atom stereocenters. The number of hydrogen-bond donors (Lipinski definition) is 2. The van der Waals surface area contributed by atoms with Crippen molar-refractivity contribution in [3.05, 3.63) is 36.0 Å². The first-order valence-corrected chi connectivity index (χ1v) is 9.78. The first-order valence-electron chi connectivity index (χ1n) is 9.78. The second-order valence-electron chi connectivity index (χ2n) is 6.90. The molecule has 0 radical (unpaired) electrons. The Balaban J connectivity index is 1.69. The number of aromatic nitrogens is 4. The number of alkyl halides is 6. The molecule has 0 spiro atoms. The van der Waals surface area contributed by atoms with Crippen LogP contribution in [0.15, 0.2) is 34.8 Å². The number of halogens is 6. The molecular weight excluding hydrogens is 446 g/mol. The smallest absolute Gasteiger partial charge is 0.331 e. The van der Waals surface area contributed by atoms with E-state index in [-0.39, 0.29) is 11.2 Å². The third-order valence-electron chi connectivity index (χ3n) is 4.43. The molecule has 32 heavy (non-hydrogen) atoms. The number of amides is 2. The quantitative estimate of drug-likeness (QED) is 0.437. The number of rotatable bonds is 9. The lowest BCUT2D eigenvalue weighted by molar-refractivity contribution is -0.169. The van der Waals surface area contributed by atoms with Gasteiger partial charge in [-0.25, -0.2) is 0 Å². The van der Waals surface area contributed by atoms with Gasteiger partial charge in [-0.2, -0.15) is 36.3 Å². The van der Waals surface area contributed by atoms with Gasteiger partial charge in [-0.15, -0.1) is 0 Å². The summed E-state index contributed by atoms with van der Waals surface area (Å²) in [5.41, 5.74) is -0.331. The predicted octanol–water partition coefficient (Wildman–Crippen LogP) is 2.97. The SMILES string of the molecule is O=C(/N=c1\[nH]ccn1CCCCCCCCn1cc[nH]/c1=N\C(=O)C(F)(F)F)C(F)(F)F. The number of carbonyl (C=O) groups excluding carboxylic acids is 2. The fourth-order valence-corrected chi connectivity index (χ4v) is 2.85. The Morgan fingerprint density at radius 3 is 1.38 bits per heavy atom. The van der Waals surface area contributed by atoms with E-state index in [1.54, 1.807) is 0 Å². The topological polar surface area (TPSA) is 100 Å². The van der Waals surface area contributed by atoms with E-state index in [0.29, 0.717) is 25.9 Å². The molecule has 2 amide bonds. The van der Waals surface area contributed by atoms with Gasteiger partial charge in [0.25, 0.3) is 0 Å². The zero-order valence-electron chi connectivity index (χ0n) is 16.8. The van der Waals surface area contributed by atoms with Crippen LogP contribution >= 0.6 is 0 Å². The highest BCUT2D eigenvalue weighted by Gasteiger charge is 2.39. The average Bonchev–Trinajstić information content (AvgIpc) is 3.31. The Morgan fingerprint density at radius 1 is 0.688 bits per heavy atom. The van der Waals surface area contributed by atoms with Crippen LogP contribution in [0, 0.1) is 0 Å². The lowest BCUT2D eigenvalue weighted by Crippen LogP contribution is -2.27. The van der Waals surface area contributed by atoms with Crippen LogP contribution in [0.1, 0.15) is 38.5 Å². The summed E-state index contributed by atoms with van der Waals surface area (Å²) in [6.07, 6.45) is 0.363. The molecule has 0 atom stereocenters. The van der Waals surface area contributed by atoms with E-state index in [1.165, 1.54) is 33.9 Å². The fourth-order valence-electron chi connectivity index (χ4n) is 2.85. The van der Waals surface area contributed by atoms with Crippen molar-refractivity contribution in [3.63, 3.8) is 0 Å². The van der Waals surface area contributed by atoms with Gasteiger partial charge in [0, 0.05) is 37.9 Å². The molecule has 0 saturated heterocycles. The molecule has 14 heteroatoms. The maximum atomic E-state index is 12.3. The van der Waals surface area contributed by atoms with Crippen LogP contribution in [0.25, 0.3) is 0 Å². The number of H-pyrrole nitrogens is 2. The Morgan fingerprint density at radius 2 is 1.03 bits per heavy atom. The zero-order valence-corrected chi connectivity index (χ0v) is 16.8. The van der Waals surface area contributed by atoms with Crippen molar-refractivity contribution < 1.29 is 35.9 Å². The molecule has 2 aromatic rings. The molecule has 8 nitrogen and oxygen atoms in total. The van der Waals surface area contributed by atoms with Gasteiger partial charge in [-0.3, -0.25) is 9.59 Å². The van der Waals surface area contributed by atoms with Crippen LogP contribution in [0.5, 0.6) is 0 Å². The Bertz CT molecular complexity index is 942. The maximum absolute atomic E-state index is 12.3. The molecule has 0 aliphatic rings. The van der Waals surface area contributed by atoms with Crippen LogP contribution < -0.4 is 11.2 Å². The molecule has 2 rings (SSSR count). The largest absolute Gasteiger partial charge is 0.473 e. The highest BCUT2D eigenvalue weighted by atomic mass is 19.4. The van der Waals surface area contributed by atoms with E-state index in [2.05, 4.69) is 20.0 Å². The van der Waals surface area contributed by atoms with Crippen LogP contribution in [0.4, 0.5) is 26.3 Å². The van der Waals surface area contributed by atoms with Crippen LogP contribution in [-0.2, 0) is 22.7 Å². The normalized spacial score (nSPS) is 13.7. The van der Waals surface area contributed by atoms with Crippen molar-refractivity contribution in [1.29, 1.82) is 0 Å². The number of nitrogens with one attached hydrogen (secondary N) is 2. The Labute approximate surface area is 177 Å². The van der Waals surface area contributed by atoms with Gasteiger partial charge in [0.15, 0.2) is 0 Å². The summed E-state index contributed by atoms with van der Waals surface area (Å²) >= 11 is 0. The summed E-state index contributed by atoms with van der Waals surface area (Å²) in [5.74, 6) is -4.35. The van der Waals surface area contributed by atoms with Crippen molar-refractivity contribution in [3.8, 4) is 0 Å². The predicted molar refractivity (Wildman–Crippen MR) is 98.5 cm³/mol. The molecule has 0 aliphatic heterocycles. The van der Waals surface area contributed by atoms with Crippen LogP contribution in [-0.4, -0.2) is 43.3 Å². The first kappa shape index (κ1) is 25.2. The second kappa shape index (κ2) is 11.0. The molecule has 0 fully saturated rings. The average molecular weight is 468 g/mol. The minimum Gasteiger partial charge on any atom is -0.331 e. The van der Waals surface area contributed by atoms with E-state index >= 15 is 0 Å². The van der Waals surface area contributed by atoms with Crippen molar-refractivity contribution in [2.45, 2.75) is 64.0 Å². The molecule has 178 valence electrons. The van der Waals surface area contributed by atoms with Crippen molar-refractivity contribution in [2.24, 2.45) is 9.98 Å². The third-order valence-corrected chi connectivity index (χ3v) is 4.43. The third kappa shape index (κ3) is 7.89. The summed E-state index contributed by atoms with van der Waals surface area (Å²) in [6, 6.07) is 0. The summed E-state index contributed by atoms with van der Waals surface area (Å²) in [7, 11) is 0. The van der Waals surface area contributed by atoms with Crippen molar-refractivity contribution in [2.75, 3.05) is 0 Å². The zero-order chi connectivity index (χ0) is 23.8. The molecular formula is C18H22F6N6O2. The van der Waals surface area contributed by atoms with Gasteiger partial charge in [0.2, 0.25) is 11.2 Å². The number of aromatic amines is 2. The summed E-state index contributed by atoms with van der Waals surface area (Å²) in [6.45, 7) is 0.787. The molecule has 0 bridgehead atoms. The van der Waals surface area contributed by atoms with E-state index in [4.69, 9.17) is 0 Å². The van der Waals surface area contributed by atoms with Crippen LogP contribution in [0.2, 0.25) is 0 Å². The van der Waals surface area contributed by atoms with Gasteiger partial charge in [0.05, 0.1) is 0 Å². The number of aryl methyl sites for hydroxylation is 2. The Kier molecular flexibility index (Phi) is 8.66. The monoisotopic (exact) mass is 468 g/mol. The summed E-state index contributed by atoms with van der Waals surface area (Å²) in [4.78, 5) is 33.0. The standard InChI is InChI=1S/C18H22F6N6O2/c19-17(20,21)13(31)27-15-25-7-11-29(15)9-5-3-1-2-4-6-10-30-12-8-26-16(30)28-14(32)18(22,23)24/h7-8,11-12H,1-6,9-10H2,(H,25,27,31)(H,26,28,32). The molecule has 0 saturated carbocycles. The first-order chi connectivity index (χ1) is 15.0. The summed E-state index contributed by atoms with van der Waals surface area (Å²) in [5, 5.41) is 0. The van der Waals surface area contributed by atoms with Gasteiger partial charge in [-0.1, -0.05) is 25.7 Å². The number of imidazole rings is 2. The number of nitrogens with zero attached hydrogens (tertiary/aromatic N) is 4. The lowest BCUT2D eigenvalue weighted by Gasteiger charge is -2.05. The molecule has 2 heterocycles.